The quantitative estimate of drug-likeness (QED) is 0.888. The Bertz CT molecular complexity index is 332. The molecule has 0 aromatic heterocycles. The standard InChI is InChI=1S/C10H11Br2N/c1-7(6-13)4-8-2-3-9(11)10(12)5-8/h2-5H,6,13H2,1H3/b7-4-. The maximum atomic E-state index is 5.50. The van der Waals surface area contributed by atoms with Crippen LogP contribution in [0.5, 0.6) is 0 Å². The highest BCUT2D eigenvalue weighted by atomic mass is 79.9. The van der Waals surface area contributed by atoms with E-state index >= 15 is 0 Å². The first-order valence-corrected chi connectivity index (χ1v) is 5.54. The maximum Gasteiger partial charge on any atom is 0.0323 e. The number of hydrogen-bond acceptors (Lipinski definition) is 1. The van der Waals surface area contributed by atoms with Gasteiger partial charge in [-0.15, -0.1) is 0 Å². The molecule has 0 atom stereocenters. The molecule has 70 valence electrons. The van der Waals surface area contributed by atoms with Crippen molar-refractivity contribution in [2.45, 2.75) is 6.92 Å². The van der Waals surface area contributed by atoms with Gasteiger partial charge in [0, 0.05) is 15.5 Å². The van der Waals surface area contributed by atoms with E-state index in [9.17, 15) is 0 Å². The lowest BCUT2D eigenvalue weighted by molar-refractivity contribution is 1.15. The molecule has 1 nitrogen and oxygen atoms in total. The van der Waals surface area contributed by atoms with Crippen molar-refractivity contribution in [1.29, 1.82) is 0 Å². The van der Waals surface area contributed by atoms with Gasteiger partial charge in [0.15, 0.2) is 0 Å². The van der Waals surface area contributed by atoms with E-state index in [-0.39, 0.29) is 0 Å². The van der Waals surface area contributed by atoms with Crippen LogP contribution >= 0.6 is 31.9 Å². The lowest BCUT2D eigenvalue weighted by Gasteiger charge is -2.00. The Morgan fingerprint density at radius 2 is 2.08 bits per heavy atom. The Morgan fingerprint density at radius 3 is 2.62 bits per heavy atom. The second-order valence-corrected chi connectivity index (χ2v) is 4.58. The van der Waals surface area contributed by atoms with Crippen molar-refractivity contribution in [2.75, 3.05) is 6.54 Å². The highest BCUT2D eigenvalue weighted by Crippen LogP contribution is 2.24. The molecule has 0 heterocycles. The molecule has 2 N–H and O–H groups in total. The van der Waals surface area contributed by atoms with Crippen molar-refractivity contribution < 1.29 is 0 Å². The third-order valence-electron chi connectivity index (χ3n) is 1.68. The summed E-state index contributed by atoms with van der Waals surface area (Å²) < 4.78 is 2.13. The molecule has 1 rings (SSSR count). The van der Waals surface area contributed by atoms with Gasteiger partial charge in [0.05, 0.1) is 0 Å². The van der Waals surface area contributed by atoms with Crippen molar-refractivity contribution in [2.24, 2.45) is 5.73 Å². The summed E-state index contributed by atoms with van der Waals surface area (Å²) in [4.78, 5) is 0. The molecule has 0 saturated heterocycles. The average Bonchev–Trinajstić information content (AvgIpc) is 2.11. The van der Waals surface area contributed by atoms with Crippen molar-refractivity contribution >= 4 is 37.9 Å². The Hall–Kier alpha value is -0.120. The number of halogens is 2. The summed E-state index contributed by atoms with van der Waals surface area (Å²) in [6.45, 7) is 2.63. The molecule has 0 fully saturated rings. The molecule has 3 heteroatoms. The van der Waals surface area contributed by atoms with E-state index in [1.54, 1.807) is 0 Å². The zero-order chi connectivity index (χ0) is 9.84. The third-order valence-corrected chi connectivity index (χ3v) is 3.56. The molecule has 1 aromatic rings. The normalized spacial score (nSPS) is 11.8. The lowest BCUT2D eigenvalue weighted by atomic mass is 10.1. The van der Waals surface area contributed by atoms with Crippen LogP contribution in [0.25, 0.3) is 6.08 Å². The van der Waals surface area contributed by atoms with Gasteiger partial charge in [-0.3, -0.25) is 0 Å². The Kier molecular flexibility index (Phi) is 4.16. The predicted molar refractivity (Wildman–Crippen MR) is 64.5 cm³/mol. The van der Waals surface area contributed by atoms with E-state index in [0.717, 1.165) is 14.5 Å². The van der Waals surface area contributed by atoms with Crippen LogP contribution in [0.2, 0.25) is 0 Å². The van der Waals surface area contributed by atoms with Crippen molar-refractivity contribution in [1.82, 2.24) is 0 Å². The Balaban J connectivity index is 2.98. The first kappa shape index (κ1) is 11.0. The van der Waals surface area contributed by atoms with Gasteiger partial charge in [-0.1, -0.05) is 17.7 Å². The van der Waals surface area contributed by atoms with E-state index < -0.39 is 0 Å². The molecule has 1 aromatic carbocycles. The van der Waals surface area contributed by atoms with Crippen LogP contribution in [0.1, 0.15) is 12.5 Å². The second kappa shape index (κ2) is 4.94. The minimum Gasteiger partial charge on any atom is -0.327 e. The first-order valence-electron chi connectivity index (χ1n) is 3.96. The van der Waals surface area contributed by atoms with E-state index in [0.29, 0.717) is 6.54 Å². The van der Waals surface area contributed by atoms with Crippen molar-refractivity contribution in [3.63, 3.8) is 0 Å². The van der Waals surface area contributed by atoms with Crippen LogP contribution in [0.4, 0.5) is 0 Å². The highest BCUT2D eigenvalue weighted by Gasteiger charge is 1.96. The predicted octanol–water partition coefficient (Wildman–Crippen LogP) is 3.57. The number of rotatable bonds is 2. The van der Waals surface area contributed by atoms with Crippen LogP contribution in [-0.4, -0.2) is 6.54 Å². The highest BCUT2D eigenvalue weighted by molar-refractivity contribution is 9.13. The van der Waals surface area contributed by atoms with Crippen molar-refractivity contribution in [3.05, 3.63) is 38.3 Å². The van der Waals surface area contributed by atoms with E-state index in [1.807, 2.05) is 19.1 Å². The molecule has 0 unspecified atom stereocenters. The van der Waals surface area contributed by atoms with Gasteiger partial charge in [-0.25, -0.2) is 0 Å². The molecule has 0 aliphatic heterocycles. The Morgan fingerprint density at radius 1 is 1.38 bits per heavy atom. The van der Waals surface area contributed by atoms with Gasteiger partial charge in [0.2, 0.25) is 0 Å². The topological polar surface area (TPSA) is 26.0 Å². The van der Waals surface area contributed by atoms with Crippen LogP contribution < -0.4 is 5.73 Å². The van der Waals surface area contributed by atoms with Gasteiger partial charge in [-0.05, 0) is 56.5 Å². The average molecular weight is 305 g/mol. The fraction of sp³-hybridized carbons (Fsp3) is 0.200. The second-order valence-electron chi connectivity index (χ2n) is 2.87. The zero-order valence-corrected chi connectivity index (χ0v) is 10.5. The maximum absolute atomic E-state index is 5.50. The molecule has 0 aliphatic carbocycles. The first-order chi connectivity index (χ1) is 6.13. The fourth-order valence-corrected chi connectivity index (χ4v) is 1.59. The number of hydrogen-bond donors (Lipinski definition) is 1. The lowest BCUT2D eigenvalue weighted by Crippen LogP contribution is -1.99. The van der Waals surface area contributed by atoms with Crippen molar-refractivity contribution in [3.8, 4) is 0 Å². The smallest absolute Gasteiger partial charge is 0.0323 e. The SMILES string of the molecule is C/C(=C/c1ccc(Br)c(Br)c1)CN. The Labute approximate surface area is 95.3 Å². The largest absolute Gasteiger partial charge is 0.327 e. The van der Waals surface area contributed by atoms with Gasteiger partial charge in [-0.2, -0.15) is 0 Å². The van der Waals surface area contributed by atoms with Gasteiger partial charge in [0.25, 0.3) is 0 Å². The van der Waals surface area contributed by atoms with Gasteiger partial charge >= 0.3 is 0 Å². The zero-order valence-electron chi connectivity index (χ0n) is 7.35. The summed E-state index contributed by atoms with van der Waals surface area (Å²) in [5.41, 5.74) is 7.84. The van der Waals surface area contributed by atoms with Gasteiger partial charge < -0.3 is 5.73 Å². The molecular formula is C10H11Br2N. The fourth-order valence-electron chi connectivity index (χ4n) is 0.946. The monoisotopic (exact) mass is 303 g/mol. The van der Waals surface area contributed by atoms with Gasteiger partial charge in [0.1, 0.15) is 0 Å². The molecular weight excluding hydrogens is 294 g/mol. The van der Waals surface area contributed by atoms with Crippen LogP contribution in [0.15, 0.2) is 32.7 Å². The van der Waals surface area contributed by atoms with E-state index in [2.05, 4.69) is 44.0 Å². The number of nitrogens with two attached hydrogens (primary N) is 1. The van der Waals surface area contributed by atoms with Crippen LogP contribution in [-0.2, 0) is 0 Å². The molecule has 0 saturated carbocycles. The molecule has 0 radical (unpaired) electrons. The molecule has 0 bridgehead atoms. The molecule has 13 heavy (non-hydrogen) atoms. The summed E-state index contributed by atoms with van der Waals surface area (Å²) in [7, 11) is 0. The minimum absolute atomic E-state index is 0.605. The molecule has 0 spiro atoms. The summed E-state index contributed by atoms with van der Waals surface area (Å²) in [6, 6.07) is 6.12. The molecule has 0 amide bonds. The summed E-state index contributed by atoms with van der Waals surface area (Å²) in [5.74, 6) is 0. The molecule has 0 aliphatic rings. The summed E-state index contributed by atoms with van der Waals surface area (Å²) >= 11 is 6.87. The van der Waals surface area contributed by atoms with E-state index in [1.165, 1.54) is 5.57 Å². The third kappa shape index (κ3) is 3.25. The minimum atomic E-state index is 0.605. The van der Waals surface area contributed by atoms with Crippen LogP contribution in [0, 0.1) is 0 Å². The van der Waals surface area contributed by atoms with E-state index in [4.69, 9.17) is 5.73 Å². The summed E-state index contributed by atoms with van der Waals surface area (Å²) in [6.07, 6.45) is 2.08. The summed E-state index contributed by atoms with van der Waals surface area (Å²) in [5, 5.41) is 0. The van der Waals surface area contributed by atoms with Crippen LogP contribution in [0.3, 0.4) is 0 Å². The number of benzene rings is 1.